The maximum atomic E-state index is 9.94. The second-order valence-corrected chi connectivity index (χ2v) is 6.45. The number of aromatic nitrogens is 2. The molecule has 1 atom stereocenters. The summed E-state index contributed by atoms with van der Waals surface area (Å²) >= 11 is 1.53. The lowest BCUT2D eigenvalue weighted by atomic mass is 10.2. The molecule has 3 N–H and O–H groups in total. The third-order valence-electron chi connectivity index (χ3n) is 3.01. The van der Waals surface area contributed by atoms with E-state index >= 15 is 0 Å². The summed E-state index contributed by atoms with van der Waals surface area (Å²) in [5.41, 5.74) is 1.86. The van der Waals surface area contributed by atoms with E-state index in [0.717, 1.165) is 28.5 Å². The first-order valence-corrected chi connectivity index (χ1v) is 8.12. The van der Waals surface area contributed by atoms with Gasteiger partial charge < -0.3 is 20.1 Å². The number of fused-ring (bicyclic) bond motifs is 1. The second kappa shape index (κ2) is 7.68. The fourth-order valence-corrected chi connectivity index (χ4v) is 2.75. The molecule has 0 fully saturated rings. The Hall–Kier alpha value is -1.24. The number of hydrogen-bond acceptors (Lipinski definition) is 5. The van der Waals surface area contributed by atoms with Crippen LogP contribution in [0, 0.1) is 5.92 Å². The number of hydrogen-bond donors (Lipinski definition) is 3. The van der Waals surface area contributed by atoms with Crippen LogP contribution in [0.5, 0.6) is 5.75 Å². The maximum absolute atomic E-state index is 9.94. The number of rotatable bonds is 8. The molecular formula is C15H23N3O2S. The van der Waals surface area contributed by atoms with Crippen LogP contribution in [0.15, 0.2) is 23.4 Å². The molecule has 6 heteroatoms. The van der Waals surface area contributed by atoms with E-state index in [-0.39, 0.29) is 6.10 Å². The number of methoxy groups -OCH3 is 1. The van der Waals surface area contributed by atoms with Crippen molar-refractivity contribution in [3.05, 3.63) is 18.2 Å². The Kier molecular flexibility index (Phi) is 5.90. The Labute approximate surface area is 129 Å². The summed E-state index contributed by atoms with van der Waals surface area (Å²) in [4.78, 5) is 7.73. The highest BCUT2D eigenvalue weighted by atomic mass is 32.2. The van der Waals surface area contributed by atoms with Gasteiger partial charge in [-0.05, 0) is 24.6 Å². The molecule has 5 nitrogen and oxygen atoms in total. The molecule has 1 heterocycles. The first-order valence-electron chi connectivity index (χ1n) is 7.14. The Morgan fingerprint density at radius 1 is 1.38 bits per heavy atom. The molecule has 0 aliphatic heterocycles. The summed E-state index contributed by atoms with van der Waals surface area (Å²) in [5.74, 6) is 2.01. The van der Waals surface area contributed by atoms with Gasteiger partial charge in [-0.15, -0.1) is 0 Å². The van der Waals surface area contributed by atoms with E-state index in [9.17, 15) is 5.11 Å². The van der Waals surface area contributed by atoms with Gasteiger partial charge in [-0.1, -0.05) is 25.6 Å². The van der Waals surface area contributed by atoms with E-state index < -0.39 is 0 Å². The molecule has 1 aromatic carbocycles. The predicted molar refractivity (Wildman–Crippen MR) is 87.1 cm³/mol. The Bertz CT molecular complexity index is 571. The summed E-state index contributed by atoms with van der Waals surface area (Å²) in [6.07, 6.45) is -0.378. The summed E-state index contributed by atoms with van der Waals surface area (Å²) in [7, 11) is 1.65. The van der Waals surface area contributed by atoms with Gasteiger partial charge in [0.05, 0.1) is 24.2 Å². The molecular weight excluding hydrogens is 286 g/mol. The number of aromatic amines is 1. The van der Waals surface area contributed by atoms with Crippen LogP contribution >= 0.6 is 11.8 Å². The minimum Gasteiger partial charge on any atom is -0.497 e. The van der Waals surface area contributed by atoms with Gasteiger partial charge in [0.25, 0.3) is 0 Å². The fraction of sp³-hybridized carbons (Fsp3) is 0.533. The molecule has 0 saturated carbocycles. The minimum absolute atomic E-state index is 0.378. The van der Waals surface area contributed by atoms with Crippen molar-refractivity contribution in [3.63, 3.8) is 0 Å². The molecule has 0 radical (unpaired) electrons. The number of thioether (sulfide) groups is 1. The van der Waals surface area contributed by atoms with Gasteiger partial charge in [-0.25, -0.2) is 4.98 Å². The number of H-pyrrole nitrogens is 1. The van der Waals surface area contributed by atoms with Crippen LogP contribution in [0.25, 0.3) is 11.0 Å². The lowest BCUT2D eigenvalue weighted by molar-refractivity contribution is 0.194. The second-order valence-electron chi connectivity index (χ2n) is 5.44. The van der Waals surface area contributed by atoms with Crippen molar-refractivity contribution < 1.29 is 9.84 Å². The van der Waals surface area contributed by atoms with Gasteiger partial charge in [0, 0.05) is 18.4 Å². The molecule has 116 valence electrons. The summed E-state index contributed by atoms with van der Waals surface area (Å²) in [6.45, 7) is 5.83. The minimum atomic E-state index is -0.378. The normalized spacial score (nSPS) is 13.0. The lowest BCUT2D eigenvalue weighted by Gasteiger charge is -2.12. The predicted octanol–water partition coefficient (Wildman–Crippen LogP) is 2.27. The molecule has 2 rings (SSSR count). The number of ether oxygens (including phenoxy) is 1. The van der Waals surface area contributed by atoms with E-state index in [0.29, 0.717) is 18.2 Å². The first kappa shape index (κ1) is 16.1. The lowest BCUT2D eigenvalue weighted by Crippen LogP contribution is -2.31. The molecule has 0 aliphatic carbocycles. The zero-order valence-corrected chi connectivity index (χ0v) is 13.5. The zero-order chi connectivity index (χ0) is 15.2. The standard InChI is InChI=1S/C15H23N3O2S/c1-10(2)7-16-8-11(19)9-21-15-17-13-5-4-12(20-3)6-14(13)18-15/h4-6,10-11,16,19H,7-9H2,1-3H3,(H,17,18). The van der Waals surface area contributed by atoms with Crippen molar-refractivity contribution in [2.75, 3.05) is 26.0 Å². The van der Waals surface area contributed by atoms with E-state index in [2.05, 4.69) is 29.1 Å². The number of aliphatic hydroxyl groups excluding tert-OH is 1. The first-order chi connectivity index (χ1) is 10.1. The quantitative estimate of drug-likeness (QED) is 0.653. The summed E-state index contributed by atoms with van der Waals surface area (Å²) in [5, 5.41) is 14.0. The topological polar surface area (TPSA) is 70.2 Å². The molecule has 0 spiro atoms. The van der Waals surface area contributed by atoms with Crippen LogP contribution in [0.1, 0.15) is 13.8 Å². The molecule has 2 aromatic rings. The van der Waals surface area contributed by atoms with Crippen LogP contribution < -0.4 is 10.1 Å². The molecule has 21 heavy (non-hydrogen) atoms. The van der Waals surface area contributed by atoms with Crippen LogP contribution in [0.2, 0.25) is 0 Å². The highest BCUT2D eigenvalue weighted by molar-refractivity contribution is 7.99. The van der Waals surface area contributed by atoms with Crippen molar-refractivity contribution in [2.45, 2.75) is 25.1 Å². The molecule has 1 unspecified atom stereocenters. The maximum Gasteiger partial charge on any atom is 0.166 e. The molecule has 0 saturated heterocycles. The third kappa shape index (κ3) is 4.91. The molecule has 0 bridgehead atoms. The molecule has 1 aromatic heterocycles. The van der Waals surface area contributed by atoms with Crippen LogP contribution in [-0.4, -0.2) is 47.1 Å². The average molecular weight is 309 g/mol. The van der Waals surface area contributed by atoms with Crippen LogP contribution in [-0.2, 0) is 0 Å². The highest BCUT2D eigenvalue weighted by Gasteiger charge is 2.09. The number of nitrogens with zero attached hydrogens (tertiary/aromatic N) is 1. The Morgan fingerprint density at radius 2 is 2.19 bits per heavy atom. The van der Waals surface area contributed by atoms with Gasteiger partial charge in [0.2, 0.25) is 0 Å². The van der Waals surface area contributed by atoms with Gasteiger partial charge in [-0.3, -0.25) is 0 Å². The smallest absolute Gasteiger partial charge is 0.166 e. The van der Waals surface area contributed by atoms with Crippen molar-refractivity contribution in [1.82, 2.24) is 15.3 Å². The van der Waals surface area contributed by atoms with Crippen molar-refractivity contribution in [2.24, 2.45) is 5.92 Å². The van der Waals surface area contributed by atoms with Gasteiger partial charge in [-0.2, -0.15) is 0 Å². The van der Waals surface area contributed by atoms with E-state index in [4.69, 9.17) is 4.74 Å². The largest absolute Gasteiger partial charge is 0.497 e. The van der Waals surface area contributed by atoms with Gasteiger partial charge in [0.15, 0.2) is 5.16 Å². The van der Waals surface area contributed by atoms with E-state index in [1.165, 1.54) is 11.8 Å². The van der Waals surface area contributed by atoms with Crippen LogP contribution in [0.4, 0.5) is 0 Å². The number of nitrogens with one attached hydrogen (secondary N) is 2. The number of benzene rings is 1. The van der Waals surface area contributed by atoms with E-state index in [1.54, 1.807) is 7.11 Å². The molecule has 0 aliphatic rings. The highest BCUT2D eigenvalue weighted by Crippen LogP contribution is 2.23. The zero-order valence-electron chi connectivity index (χ0n) is 12.7. The van der Waals surface area contributed by atoms with Gasteiger partial charge in [0.1, 0.15) is 5.75 Å². The monoisotopic (exact) mass is 309 g/mol. The Balaban J connectivity index is 1.85. The number of aliphatic hydroxyl groups is 1. The van der Waals surface area contributed by atoms with Crippen molar-refractivity contribution in [3.8, 4) is 5.75 Å². The van der Waals surface area contributed by atoms with Gasteiger partial charge >= 0.3 is 0 Å². The van der Waals surface area contributed by atoms with Crippen molar-refractivity contribution >= 4 is 22.8 Å². The SMILES string of the molecule is COc1ccc2nc(SCC(O)CNCC(C)C)[nH]c2c1. The average Bonchev–Trinajstić information content (AvgIpc) is 2.86. The van der Waals surface area contributed by atoms with E-state index in [1.807, 2.05) is 18.2 Å². The fourth-order valence-electron chi connectivity index (χ4n) is 1.93. The van der Waals surface area contributed by atoms with Crippen molar-refractivity contribution in [1.29, 1.82) is 0 Å². The summed E-state index contributed by atoms with van der Waals surface area (Å²) in [6, 6.07) is 5.74. The Morgan fingerprint density at radius 3 is 2.90 bits per heavy atom. The third-order valence-corrected chi connectivity index (χ3v) is 4.03. The summed E-state index contributed by atoms with van der Waals surface area (Å²) < 4.78 is 5.19. The van der Waals surface area contributed by atoms with Crippen LogP contribution in [0.3, 0.4) is 0 Å². The molecule has 0 amide bonds. The number of imidazole rings is 1.